The van der Waals surface area contributed by atoms with Crippen molar-refractivity contribution in [1.29, 1.82) is 0 Å². The van der Waals surface area contributed by atoms with Gasteiger partial charge in [0.05, 0.1) is 5.69 Å². The molecule has 0 amide bonds. The molecule has 0 spiro atoms. The number of H-pyrrole nitrogens is 1. The van der Waals surface area contributed by atoms with E-state index in [1.807, 2.05) is 72.8 Å². The van der Waals surface area contributed by atoms with Crippen molar-refractivity contribution in [2.24, 2.45) is 0 Å². The number of aromatic amines is 1. The van der Waals surface area contributed by atoms with Crippen LogP contribution < -0.4 is 5.56 Å². The Morgan fingerprint density at radius 3 is 2.29 bits per heavy atom. The second kappa shape index (κ2) is 8.16. The summed E-state index contributed by atoms with van der Waals surface area (Å²) in [4.78, 5) is 22.4. The highest BCUT2D eigenvalue weighted by atomic mass is 32.2. The maximum Gasteiger partial charge on any atom is 0.278 e. The summed E-state index contributed by atoms with van der Waals surface area (Å²) in [5.74, 6) is 0.799. The van der Waals surface area contributed by atoms with Crippen molar-refractivity contribution in [3.63, 3.8) is 0 Å². The van der Waals surface area contributed by atoms with Gasteiger partial charge in [0.25, 0.3) is 5.56 Å². The molecule has 0 saturated heterocycles. The summed E-state index contributed by atoms with van der Waals surface area (Å²) in [5, 5.41) is 10.4. The van der Waals surface area contributed by atoms with E-state index in [1.165, 1.54) is 11.8 Å². The van der Waals surface area contributed by atoms with Gasteiger partial charge in [0, 0.05) is 17.5 Å². The first-order valence-electron chi connectivity index (χ1n) is 9.88. The maximum absolute atomic E-state index is 13.2. The van der Waals surface area contributed by atoms with E-state index in [9.17, 15) is 9.90 Å². The number of rotatable bonds is 5. The molecule has 2 aliphatic rings. The minimum absolute atomic E-state index is 0.122. The zero-order chi connectivity index (χ0) is 21.2. The van der Waals surface area contributed by atoms with Crippen molar-refractivity contribution < 1.29 is 5.11 Å². The second-order valence-electron chi connectivity index (χ2n) is 7.18. The predicted octanol–water partition coefficient (Wildman–Crippen LogP) is 5.11. The number of fused-ring (bicyclic) bond motifs is 1. The molecule has 3 aromatic rings. The molecule has 2 heterocycles. The van der Waals surface area contributed by atoms with Crippen molar-refractivity contribution in [2.45, 2.75) is 16.3 Å². The number of phenolic OH excluding ortho intramolecular Hbond substituents is 1. The molecule has 31 heavy (non-hydrogen) atoms. The lowest BCUT2D eigenvalue weighted by molar-refractivity contribution is 0.475. The minimum atomic E-state index is -0.122. The lowest BCUT2D eigenvalue weighted by Gasteiger charge is -2.12. The topological polar surface area (TPSA) is 70.9 Å². The zero-order valence-corrected chi connectivity index (χ0v) is 17.3. The number of aromatic nitrogens is 3. The normalized spacial score (nSPS) is 11.1. The van der Waals surface area contributed by atoms with Crippen molar-refractivity contribution in [1.82, 2.24) is 14.5 Å². The number of benzene rings is 3. The van der Waals surface area contributed by atoms with Crippen LogP contribution in [0.1, 0.15) is 11.3 Å². The molecule has 152 valence electrons. The van der Waals surface area contributed by atoms with E-state index in [2.05, 4.69) is 4.98 Å². The molecule has 3 aromatic carbocycles. The number of hydrogen-bond donors (Lipinski definition) is 2. The number of nitrogens with one attached hydrogen (secondary N) is 1. The van der Waals surface area contributed by atoms with Gasteiger partial charge in [0.2, 0.25) is 0 Å². The van der Waals surface area contributed by atoms with Gasteiger partial charge in [0.1, 0.15) is 16.5 Å². The quantitative estimate of drug-likeness (QED) is 0.410. The first-order chi connectivity index (χ1) is 15.2. The van der Waals surface area contributed by atoms with Crippen LogP contribution in [-0.2, 0) is 6.42 Å². The molecular formula is C25H19N3O2S. The smallest absolute Gasteiger partial charge is 0.278 e. The highest BCUT2D eigenvalue weighted by molar-refractivity contribution is 7.99. The molecule has 0 aliphatic carbocycles. The number of aromatic hydroxyl groups is 1. The van der Waals surface area contributed by atoms with Crippen LogP contribution in [0.25, 0.3) is 17.1 Å². The van der Waals surface area contributed by atoms with Gasteiger partial charge >= 0.3 is 0 Å². The predicted molar refractivity (Wildman–Crippen MR) is 122 cm³/mol. The third kappa shape index (κ3) is 3.98. The van der Waals surface area contributed by atoms with Gasteiger partial charge in [0.15, 0.2) is 5.82 Å². The molecule has 5 rings (SSSR count). The van der Waals surface area contributed by atoms with Gasteiger partial charge in [-0.1, -0.05) is 60.3 Å². The molecular weight excluding hydrogens is 406 g/mol. The number of phenols is 1. The summed E-state index contributed by atoms with van der Waals surface area (Å²) in [6.45, 7) is 0. The summed E-state index contributed by atoms with van der Waals surface area (Å²) < 4.78 is 1.61. The lowest BCUT2D eigenvalue weighted by atomic mass is 10.1. The van der Waals surface area contributed by atoms with Gasteiger partial charge in [-0.05, 0) is 47.5 Å². The SMILES string of the molecule is O=c1c(Cc2ccccc2)nc2c(Sc3ccccc3)[nH]c(-c3ccc(O)cc3)cn1-2. The van der Waals surface area contributed by atoms with Crippen LogP contribution in [0.4, 0.5) is 0 Å². The van der Waals surface area contributed by atoms with E-state index in [0.717, 1.165) is 26.7 Å². The van der Waals surface area contributed by atoms with Gasteiger partial charge in [-0.3, -0.25) is 9.36 Å². The molecule has 0 atom stereocenters. The fraction of sp³-hybridized carbons (Fsp3) is 0.0400. The Kier molecular flexibility index (Phi) is 5.06. The van der Waals surface area contributed by atoms with E-state index in [1.54, 1.807) is 22.9 Å². The summed E-state index contributed by atoms with van der Waals surface area (Å²) in [7, 11) is 0. The Labute approximate surface area is 183 Å². The monoisotopic (exact) mass is 425 g/mol. The Morgan fingerprint density at radius 2 is 1.58 bits per heavy atom. The third-order valence-electron chi connectivity index (χ3n) is 5.00. The summed E-state index contributed by atoms with van der Waals surface area (Å²) in [6.07, 6.45) is 2.26. The van der Waals surface area contributed by atoms with Crippen LogP contribution in [0.3, 0.4) is 0 Å². The van der Waals surface area contributed by atoms with Crippen LogP contribution in [0, 0.1) is 0 Å². The number of imidazole rings is 1. The van der Waals surface area contributed by atoms with E-state index in [4.69, 9.17) is 4.98 Å². The van der Waals surface area contributed by atoms with Crippen LogP contribution in [0.2, 0.25) is 0 Å². The second-order valence-corrected chi connectivity index (χ2v) is 8.26. The Morgan fingerprint density at radius 1 is 0.903 bits per heavy atom. The van der Waals surface area contributed by atoms with Gasteiger partial charge in [-0.15, -0.1) is 0 Å². The number of nitrogens with zero attached hydrogens (tertiary/aromatic N) is 2. The molecule has 0 bridgehead atoms. The average Bonchev–Trinajstić information content (AvgIpc) is 3.11. The van der Waals surface area contributed by atoms with Crippen molar-refractivity contribution in [3.05, 3.63) is 113 Å². The van der Waals surface area contributed by atoms with Gasteiger partial charge < -0.3 is 10.1 Å². The van der Waals surface area contributed by atoms with Crippen molar-refractivity contribution in [3.8, 4) is 22.8 Å². The van der Waals surface area contributed by atoms with Crippen molar-refractivity contribution in [2.75, 3.05) is 0 Å². The molecule has 0 fully saturated rings. The Balaban J connectivity index is 1.65. The lowest BCUT2D eigenvalue weighted by Crippen LogP contribution is -2.16. The van der Waals surface area contributed by atoms with Crippen LogP contribution in [-0.4, -0.2) is 19.6 Å². The van der Waals surface area contributed by atoms with Crippen LogP contribution in [0.5, 0.6) is 5.75 Å². The highest BCUT2D eigenvalue weighted by Gasteiger charge is 2.21. The molecule has 6 heteroatoms. The molecule has 0 unspecified atom stereocenters. The van der Waals surface area contributed by atoms with Crippen molar-refractivity contribution >= 4 is 11.8 Å². The molecule has 0 saturated carbocycles. The molecule has 0 radical (unpaired) electrons. The summed E-state index contributed by atoms with van der Waals surface area (Å²) in [6, 6.07) is 26.7. The number of hydrogen-bond acceptors (Lipinski definition) is 4. The van der Waals surface area contributed by atoms with E-state index < -0.39 is 0 Å². The summed E-state index contributed by atoms with van der Waals surface area (Å²) >= 11 is 1.53. The molecule has 5 nitrogen and oxygen atoms in total. The molecule has 2 aliphatic heterocycles. The first-order valence-corrected chi connectivity index (χ1v) is 10.7. The highest BCUT2D eigenvalue weighted by Crippen LogP contribution is 2.33. The van der Waals surface area contributed by atoms with Crippen LogP contribution >= 0.6 is 11.8 Å². The fourth-order valence-electron chi connectivity index (χ4n) is 3.45. The largest absolute Gasteiger partial charge is 0.508 e. The Bertz CT molecular complexity index is 1340. The standard InChI is InChI=1S/C25H19N3O2S/c29-19-13-11-18(12-14-19)22-16-28-23(24(27-22)31-20-9-5-2-6-10-20)26-21(25(28)30)15-17-7-3-1-4-8-17/h1-14,16,27,29H,15H2. The average molecular weight is 426 g/mol. The molecule has 2 N–H and O–H groups in total. The first kappa shape index (κ1) is 19.2. The molecule has 0 aromatic heterocycles. The van der Waals surface area contributed by atoms with Crippen LogP contribution in [0.15, 0.2) is 106 Å². The third-order valence-corrected chi connectivity index (χ3v) is 6.00. The van der Waals surface area contributed by atoms with E-state index in [0.29, 0.717) is 17.9 Å². The van der Waals surface area contributed by atoms with E-state index >= 15 is 0 Å². The maximum atomic E-state index is 13.2. The van der Waals surface area contributed by atoms with Gasteiger partial charge in [-0.25, -0.2) is 4.98 Å². The van der Waals surface area contributed by atoms with Gasteiger partial charge in [-0.2, -0.15) is 0 Å². The Hall–Kier alpha value is -3.77. The summed E-state index contributed by atoms with van der Waals surface area (Å²) in [5.41, 5.74) is 3.07. The van der Waals surface area contributed by atoms with E-state index in [-0.39, 0.29) is 11.3 Å². The zero-order valence-electron chi connectivity index (χ0n) is 16.5. The minimum Gasteiger partial charge on any atom is -0.508 e. The fourth-order valence-corrected chi connectivity index (χ4v) is 4.38.